The second-order valence-corrected chi connectivity index (χ2v) is 6.67. The monoisotopic (exact) mass is 404 g/mol. The van der Waals surface area contributed by atoms with E-state index >= 15 is 0 Å². The van der Waals surface area contributed by atoms with Gasteiger partial charge in [0.25, 0.3) is 5.91 Å². The van der Waals surface area contributed by atoms with Gasteiger partial charge in [-0.15, -0.1) is 0 Å². The van der Waals surface area contributed by atoms with Crippen molar-refractivity contribution in [2.75, 3.05) is 40.4 Å². The number of methoxy groups -OCH3 is 2. The molecule has 0 N–H and O–H groups in total. The summed E-state index contributed by atoms with van der Waals surface area (Å²) in [4.78, 5) is 28.3. The van der Waals surface area contributed by atoms with Gasteiger partial charge in [0.1, 0.15) is 0 Å². The van der Waals surface area contributed by atoms with Crippen LogP contribution in [-0.4, -0.2) is 62.0 Å². The van der Waals surface area contributed by atoms with Crippen molar-refractivity contribution in [3.8, 4) is 11.5 Å². The average molecular weight is 404 g/mol. The number of carbonyl (C=O) groups excluding carboxylic acids is 2. The number of hydrogen-bond donors (Lipinski definition) is 0. The summed E-state index contributed by atoms with van der Waals surface area (Å²) < 4.78 is 36.9. The zero-order valence-electron chi connectivity index (χ0n) is 16.3. The third-order valence-corrected chi connectivity index (χ3v) is 4.89. The fourth-order valence-electron chi connectivity index (χ4n) is 3.25. The second kappa shape index (κ2) is 8.89. The van der Waals surface area contributed by atoms with Crippen molar-refractivity contribution in [3.63, 3.8) is 0 Å². The highest BCUT2D eigenvalue weighted by atomic mass is 19.2. The molecule has 1 saturated heterocycles. The van der Waals surface area contributed by atoms with Crippen LogP contribution >= 0.6 is 0 Å². The molecule has 3 rings (SSSR count). The summed E-state index contributed by atoms with van der Waals surface area (Å²) in [6.45, 7) is 1.41. The lowest BCUT2D eigenvalue weighted by atomic mass is 10.1. The van der Waals surface area contributed by atoms with E-state index in [2.05, 4.69) is 0 Å². The molecule has 2 amide bonds. The third-order valence-electron chi connectivity index (χ3n) is 4.89. The largest absolute Gasteiger partial charge is 0.493 e. The first-order valence-electron chi connectivity index (χ1n) is 9.16. The second-order valence-electron chi connectivity index (χ2n) is 6.67. The van der Waals surface area contributed by atoms with Crippen LogP contribution in [0.2, 0.25) is 0 Å². The van der Waals surface area contributed by atoms with Crippen LogP contribution in [0.15, 0.2) is 36.4 Å². The summed E-state index contributed by atoms with van der Waals surface area (Å²) in [6, 6.07) is 8.41. The Balaban J connectivity index is 1.58. The van der Waals surface area contributed by atoms with E-state index in [1.807, 2.05) is 6.07 Å². The van der Waals surface area contributed by atoms with Crippen molar-refractivity contribution in [3.05, 3.63) is 59.2 Å². The number of rotatable bonds is 5. The normalized spacial score (nSPS) is 13.9. The predicted molar refractivity (Wildman–Crippen MR) is 102 cm³/mol. The Morgan fingerprint density at radius 1 is 0.862 bits per heavy atom. The van der Waals surface area contributed by atoms with Crippen molar-refractivity contribution < 1.29 is 27.8 Å². The third kappa shape index (κ3) is 4.64. The van der Waals surface area contributed by atoms with E-state index in [1.54, 1.807) is 24.1 Å². The predicted octanol–water partition coefficient (Wildman–Crippen LogP) is 2.51. The minimum atomic E-state index is -1.06. The summed E-state index contributed by atoms with van der Waals surface area (Å²) in [6.07, 6.45) is 0.206. The maximum absolute atomic E-state index is 13.4. The smallest absolute Gasteiger partial charge is 0.254 e. The first kappa shape index (κ1) is 20.6. The van der Waals surface area contributed by atoms with E-state index < -0.39 is 11.6 Å². The molecule has 0 aliphatic carbocycles. The highest BCUT2D eigenvalue weighted by Crippen LogP contribution is 2.28. The number of ether oxygens (including phenoxy) is 2. The molecular formula is C21H22F2N2O4. The van der Waals surface area contributed by atoms with Crippen LogP contribution in [0.4, 0.5) is 8.78 Å². The molecule has 0 unspecified atom stereocenters. The van der Waals surface area contributed by atoms with Gasteiger partial charge in [0.2, 0.25) is 5.91 Å². The lowest BCUT2D eigenvalue weighted by Crippen LogP contribution is -2.51. The molecule has 0 spiro atoms. The first-order valence-corrected chi connectivity index (χ1v) is 9.16. The summed E-state index contributed by atoms with van der Waals surface area (Å²) in [5.41, 5.74) is 0.891. The van der Waals surface area contributed by atoms with Crippen LogP contribution in [0, 0.1) is 11.6 Å². The van der Waals surface area contributed by atoms with E-state index in [0.29, 0.717) is 37.7 Å². The summed E-state index contributed by atoms with van der Waals surface area (Å²) in [5.74, 6) is -1.34. The van der Waals surface area contributed by atoms with Crippen LogP contribution < -0.4 is 9.47 Å². The van der Waals surface area contributed by atoms with Crippen LogP contribution in [0.3, 0.4) is 0 Å². The maximum Gasteiger partial charge on any atom is 0.254 e. The SMILES string of the molecule is COc1ccc(CC(=O)N2CCN(C(=O)c3ccc(F)c(F)c3)CC2)cc1OC. The number of amides is 2. The van der Waals surface area contributed by atoms with Gasteiger partial charge in [0, 0.05) is 31.7 Å². The molecule has 29 heavy (non-hydrogen) atoms. The Hall–Kier alpha value is -3.16. The van der Waals surface area contributed by atoms with Crippen LogP contribution in [0.5, 0.6) is 11.5 Å². The minimum Gasteiger partial charge on any atom is -0.493 e. The fourth-order valence-corrected chi connectivity index (χ4v) is 3.25. The van der Waals surface area contributed by atoms with Crippen molar-refractivity contribution in [1.29, 1.82) is 0 Å². The molecular weight excluding hydrogens is 382 g/mol. The topological polar surface area (TPSA) is 59.1 Å². The molecule has 0 radical (unpaired) electrons. The van der Waals surface area contributed by atoms with Gasteiger partial charge in [0.15, 0.2) is 23.1 Å². The van der Waals surface area contributed by atoms with Crippen molar-refractivity contribution in [2.45, 2.75) is 6.42 Å². The molecule has 0 aromatic heterocycles. The van der Waals surface area contributed by atoms with Gasteiger partial charge in [-0.25, -0.2) is 8.78 Å². The summed E-state index contributed by atoms with van der Waals surface area (Å²) >= 11 is 0. The van der Waals surface area contributed by atoms with E-state index in [0.717, 1.165) is 17.7 Å². The molecule has 2 aromatic rings. The average Bonchev–Trinajstić information content (AvgIpc) is 2.75. The van der Waals surface area contributed by atoms with Crippen LogP contribution in [0.1, 0.15) is 15.9 Å². The number of carbonyl (C=O) groups is 2. The number of hydrogen-bond acceptors (Lipinski definition) is 4. The number of nitrogens with zero attached hydrogens (tertiary/aromatic N) is 2. The zero-order chi connectivity index (χ0) is 21.0. The Bertz CT molecular complexity index is 912. The van der Waals surface area contributed by atoms with Crippen molar-refractivity contribution >= 4 is 11.8 Å². The quantitative estimate of drug-likeness (QED) is 0.769. The first-order chi connectivity index (χ1) is 13.9. The molecule has 1 aliphatic rings. The van der Waals surface area contributed by atoms with Gasteiger partial charge in [-0.3, -0.25) is 9.59 Å². The number of benzene rings is 2. The van der Waals surface area contributed by atoms with Crippen molar-refractivity contribution in [2.24, 2.45) is 0 Å². The molecule has 8 heteroatoms. The molecule has 154 valence electrons. The van der Waals surface area contributed by atoms with Crippen LogP contribution in [-0.2, 0) is 11.2 Å². The fraction of sp³-hybridized carbons (Fsp3) is 0.333. The van der Waals surface area contributed by atoms with E-state index in [1.165, 1.54) is 18.1 Å². The van der Waals surface area contributed by atoms with E-state index in [9.17, 15) is 18.4 Å². The van der Waals surface area contributed by atoms with Gasteiger partial charge in [-0.05, 0) is 35.9 Å². The van der Waals surface area contributed by atoms with Gasteiger partial charge in [-0.2, -0.15) is 0 Å². The molecule has 0 saturated carbocycles. The van der Waals surface area contributed by atoms with Crippen molar-refractivity contribution in [1.82, 2.24) is 9.80 Å². The minimum absolute atomic E-state index is 0.0582. The standard InChI is InChI=1S/C21H22F2N2O4/c1-28-18-6-3-14(11-19(18)29-2)12-20(26)24-7-9-25(10-8-24)21(27)15-4-5-16(22)17(23)13-15/h3-6,11,13H,7-10,12H2,1-2H3. The number of halogens is 2. The number of piperazine rings is 1. The molecule has 6 nitrogen and oxygen atoms in total. The maximum atomic E-state index is 13.4. The Kier molecular flexibility index (Phi) is 6.31. The van der Waals surface area contributed by atoms with Gasteiger partial charge in [0.05, 0.1) is 20.6 Å². The Labute approximate surface area is 167 Å². The van der Waals surface area contributed by atoms with E-state index in [4.69, 9.17) is 9.47 Å². The zero-order valence-corrected chi connectivity index (χ0v) is 16.3. The molecule has 1 aliphatic heterocycles. The summed E-state index contributed by atoms with van der Waals surface area (Å²) in [5, 5.41) is 0. The summed E-state index contributed by atoms with van der Waals surface area (Å²) in [7, 11) is 3.08. The van der Waals surface area contributed by atoms with E-state index in [-0.39, 0.29) is 23.8 Å². The highest BCUT2D eigenvalue weighted by Gasteiger charge is 2.25. The molecule has 0 atom stereocenters. The Morgan fingerprint density at radius 3 is 2.14 bits per heavy atom. The lowest BCUT2D eigenvalue weighted by Gasteiger charge is -2.35. The van der Waals surface area contributed by atoms with Crippen LogP contribution in [0.25, 0.3) is 0 Å². The van der Waals surface area contributed by atoms with Gasteiger partial charge >= 0.3 is 0 Å². The molecule has 2 aromatic carbocycles. The Morgan fingerprint density at radius 2 is 1.52 bits per heavy atom. The molecule has 0 bridgehead atoms. The van der Waals surface area contributed by atoms with Gasteiger partial charge in [-0.1, -0.05) is 6.07 Å². The van der Waals surface area contributed by atoms with Gasteiger partial charge < -0.3 is 19.3 Å². The highest BCUT2D eigenvalue weighted by molar-refractivity contribution is 5.94. The lowest BCUT2D eigenvalue weighted by molar-refractivity contribution is -0.131. The molecule has 1 heterocycles. The molecule has 1 fully saturated rings.